The summed E-state index contributed by atoms with van der Waals surface area (Å²) in [5.74, 6) is 1.90. The smallest absolute Gasteiger partial charge is 0.356 e. The Morgan fingerprint density at radius 1 is 0.783 bits per heavy atom. The molecule has 2 saturated carbocycles. The van der Waals surface area contributed by atoms with E-state index in [0.29, 0.717) is 0 Å². The van der Waals surface area contributed by atoms with Crippen LogP contribution in [-0.2, 0) is 17.1 Å². The van der Waals surface area contributed by atoms with Crippen molar-refractivity contribution in [2.24, 2.45) is 0 Å². The summed E-state index contributed by atoms with van der Waals surface area (Å²) in [6.07, 6.45) is 18.0. The molecule has 1 aromatic carbocycles. The van der Waals surface area contributed by atoms with Gasteiger partial charge in [0, 0.05) is 17.5 Å². The number of nitrogens with zero attached hydrogens (tertiary/aromatic N) is 1. The van der Waals surface area contributed by atoms with Crippen LogP contribution in [-0.4, -0.2) is 5.16 Å². The van der Waals surface area contributed by atoms with Crippen molar-refractivity contribution in [3.05, 3.63) is 105 Å². The maximum absolute atomic E-state index is 5.36. The van der Waals surface area contributed by atoms with Gasteiger partial charge in [0.15, 0.2) is 5.76 Å². The minimum Gasteiger partial charge on any atom is -0.356 e. The van der Waals surface area contributed by atoms with Crippen molar-refractivity contribution in [2.45, 2.75) is 6.92 Å². The standard InChI is InChI=1S/C15H12NO.C5H5.Fe/c1-11-6-8-13(9-7-11)15-10-14(16-17-15)12-4-2-3-5-12;1-2-4-5-3-1;/h2-10H,1H3;1-5H;/q;;+2. The molecule has 0 bridgehead atoms. The molecule has 0 atom stereocenters. The maximum Gasteiger partial charge on any atom is 2.00 e. The number of aryl methyl sites for hydroxylation is 1. The molecule has 3 heteroatoms. The number of rotatable bonds is 2. The van der Waals surface area contributed by atoms with E-state index in [1.54, 1.807) is 0 Å². The second-order valence-electron chi connectivity index (χ2n) is 5.08. The van der Waals surface area contributed by atoms with Gasteiger partial charge >= 0.3 is 17.1 Å². The minimum absolute atomic E-state index is 0. The molecule has 0 N–H and O–H groups in total. The molecule has 114 valence electrons. The molecule has 0 aliphatic heterocycles. The van der Waals surface area contributed by atoms with Gasteiger partial charge in [-0.25, -0.2) is 0 Å². The van der Waals surface area contributed by atoms with Crippen molar-refractivity contribution >= 4 is 0 Å². The molecule has 0 unspecified atom stereocenters. The van der Waals surface area contributed by atoms with E-state index >= 15 is 0 Å². The van der Waals surface area contributed by atoms with E-state index in [1.807, 2.05) is 76.0 Å². The van der Waals surface area contributed by atoms with E-state index in [4.69, 9.17) is 4.52 Å². The number of aromatic nitrogens is 1. The van der Waals surface area contributed by atoms with Gasteiger partial charge in [0.1, 0.15) is 0 Å². The summed E-state index contributed by atoms with van der Waals surface area (Å²) < 4.78 is 5.36. The van der Waals surface area contributed by atoms with E-state index < -0.39 is 0 Å². The molecule has 2 aromatic rings. The Bertz CT molecular complexity index is 558. The molecule has 23 heavy (non-hydrogen) atoms. The van der Waals surface area contributed by atoms with Gasteiger partial charge in [-0.3, -0.25) is 0 Å². The normalized spacial score (nSPS) is 17.4. The Kier molecular flexibility index (Phi) is 7.39. The van der Waals surface area contributed by atoms with Crippen LogP contribution in [0, 0.1) is 70.6 Å². The van der Waals surface area contributed by atoms with E-state index in [1.165, 1.54) is 5.56 Å². The van der Waals surface area contributed by atoms with Crippen molar-refractivity contribution in [2.75, 3.05) is 0 Å². The quantitative estimate of drug-likeness (QED) is 0.755. The Morgan fingerprint density at radius 2 is 1.35 bits per heavy atom. The van der Waals surface area contributed by atoms with Gasteiger partial charge in [0.05, 0.1) is 5.69 Å². The van der Waals surface area contributed by atoms with Crippen molar-refractivity contribution in [3.8, 4) is 11.3 Å². The number of benzene rings is 1. The van der Waals surface area contributed by atoms with Crippen molar-refractivity contribution in [1.82, 2.24) is 5.16 Å². The largest absolute Gasteiger partial charge is 2.00 e. The molecule has 0 spiro atoms. The van der Waals surface area contributed by atoms with E-state index in [-0.39, 0.29) is 17.1 Å². The minimum atomic E-state index is 0. The second-order valence-corrected chi connectivity index (χ2v) is 5.08. The first-order chi connectivity index (χ1) is 10.8. The molecule has 1 heterocycles. The maximum atomic E-state index is 5.36. The topological polar surface area (TPSA) is 26.0 Å². The zero-order valence-electron chi connectivity index (χ0n) is 12.8. The Hall–Kier alpha value is -1.05. The Labute approximate surface area is 150 Å². The van der Waals surface area contributed by atoms with E-state index in [2.05, 4.69) is 24.2 Å². The molecule has 2 aliphatic carbocycles. The molecule has 2 nitrogen and oxygen atoms in total. The van der Waals surface area contributed by atoms with Gasteiger partial charge in [-0.15, -0.1) is 0 Å². The third-order valence-electron chi connectivity index (χ3n) is 3.36. The number of hydrogen-bond acceptors (Lipinski definition) is 2. The molecule has 4 rings (SSSR count). The predicted molar refractivity (Wildman–Crippen MR) is 87.7 cm³/mol. The van der Waals surface area contributed by atoms with Gasteiger partial charge < -0.3 is 4.52 Å². The van der Waals surface area contributed by atoms with Crippen LogP contribution in [0.1, 0.15) is 11.3 Å². The van der Waals surface area contributed by atoms with Crippen LogP contribution in [0.4, 0.5) is 0 Å². The SMILES string of the molecule is Cc1ccc(-c2cc([C]3[CH][CH][CH][CH]3)no2)cc1.[CH]1[CH][CH][CH][CH]1.[Fe+2]. The zero-order valence-corrected chi connectivity index (χ0v) is 13.9. The van der Waals surface area contributed by atoms with Crippen molar-refractivity contribution in [3.63, 3.8) is 0 Å². The van der Waals surface area contributed by atoms with Gasteiger partial charge in [-0.2, -0.15) is 0 Å². The predicted octanol–water partition coefficient (Wildman–Crippen LogP) is 4.42. The summed E-state index contributed by atoms with van der Waals surface area (Å²) >= 11 is 0. The fourth-order valence-corrected chi connectivity index (χ4v) is 2.13. The van der Waals surface area contributed by atoms with Crippen LogP contribution < -0.4 is 0 Å². The van der Waals surface area contributed by atoms with Gasteiger partial charge in [-0.1, -0.05) is 35.0 Å². The van der Waals surface area contributed by atoms with Gasteiger partial charge in [-0.05, 0) is 64.7 Å². The Morgan fingerprint density at radius 3 is 1.91 bits per heavy atom. The number of hydrogen-bond donors (Lipinski definition) is 0. The third kappa shape index (κ3) is 5.22. The summed E-state index contributed by atoms with van der Waals surface area (Å²) in [5, 5.41) is 4.08. The van der Waals surface area contributed by atoms with Gasteiger partial charge in [0.25, 0.3) is 0 Å². The first-order valence-corrected chi connectivity index (χ1v) is 7.25. The molecular formula is C20H17FeNO+2. The molecule has 1 aromatic heterocycles. The fourth-order valence-electron chi connectivity index (χ4n) is 2.13. The summed E-state index contributed by atoms with van der Waals surface area (Å²) in [5.41, 5.74) is 3.18. The van der Waals surface area contributed by atoms with Crippen molar-refractivity contribution in [1.29, 1.82) is 0 Å². The Balaban J connectivity index is 0.000000276. The fraction of sp³-hybridized carbons (Fsp3) is 0.0500. The monoisotopic (exact) mass is 343 g/mol. The van der Waals surface area contributed by atoms with Crippen LogP contribution in [0.5, 0.6) is 0 Å². The van der Waals surface area contributed by atoms with Crippen LogP contribution in [0.2, 0.25) is 0 Å². The molecule has 10 radical (unpaired) electrons. The van der Waals surface area contributed by atoms with Crippen LogP contribution in [0.15, 0.2) is 34.9 Å². The average molecular weight is 343 g/mol. The average Bonchev–Trinajstić information content (AvgIpc) is 3.30. The van der Waals surface area contributed by atoms with Crippen LogP contribution in [0.3, 0.4) is 0 Å². The molecule has 0 saturated heterocycles. The molecule has 2 aliphatic rings. The summed E-state index contributed by atoms with van der Waals surface area (Å²) in [7, 11) is 0. The zero-order chi connectivity index (χ0) is 15.2. The first-order valence-electron chi connectivity index (χ1n) is 7.25. The second kappa shape index (κ2) is 9.30. The van der Waals surface area contributed by atoms with Gasteiger partial charge in [0.2, 0.25) is 0 Å². The summed E-state index contributed by atoms with van der Waals surface area (Å²) in [6, 6.07) is 10.2. The van der Waals surface area contributed by atoms with Crippen LogP contribution >= 0.6 is 0 Å². The van der Waals surface area contributed by atoms with Crippen molar-refractivity contribution < 1.29 is 21.6 Å². The molecular weight excluding hydrogens is 326 g/mol. The van der Waals surface area contributed by atoms with E-state index in [9.17, 15) is 0 Å². The molecule has 0 amide bonds. The summed E-state index contributed by atoms with van der Waals surface area (Å²) in [4.78, 5) is 0. The first kappa shape index (κ1) is 18.3. The molecule has 2 fully saturated rings. The third-order valence-corrected chi connectivity index (χ3v) is 3.36. The van der Waals surface area contributed by atoms with Crippen LogP contribution in [0.25, 0.3) is 11.3 Å². The summed E-state index contributed by atoms with van der Waals surface area (Å²) in [6.45, 7) is 2.07. The van der Waals surface area contributed by atoms with E-state index in [0.717, 1.165) is 22.9 Å².